The lowest BCUT2D eigenvalue weighted by Crippen LogP contribution is -2.46. The molecule has 0 aromatic heterocycles. The Morgan fingerprint density at radius 2 is 2.14 bits per heavy atom. The van der Waals surface area contributed by atoms with Crippen LogP contribution in [0.3, 0.4) is 0 Å². The van der Waals surface area contributed by atoms with Crippen molar-refractivity contribution in [1.82, 2.24) is 5.32 Å². The predicted molar refractivity (Wildman–Crippen MR) is 53.4 cm³/mol. The summed E-state index contributed by atoms with van der Waals surface area (Å²) in [5, 5.41) is 2.15. The summed E-state index contributed by atoms with van der Waals surface area (Å²) in [6.45, 7) is 3.19. The Balaban J connectivity index is 2.62. The van der Waals surface area contributed by atoms with Gasteiger partial charge >= 0.3 is 0 Å². The molecule has 1 rings (SSSR count). The Morgan fingerprint density at radius 3 is 2.50 bits per heavy atom. The van der Waals surface area contributed by atoms with Gasteiger partial charge < -0.3 is 11.1 Å². The summed E-state index contributed by atoms with van der Waals surface area (Å²) >= 11 is 0. The van der Waals surface area contributed by atoms with Crippen LogP contribution >= 0.6 is 0 Å². The van der Waals surface area contributed by atoms with Crippen LogP contribution in [0.1, 0.15) is 20.3 Å². The lowest BCUT2D eigenvalue weighted by molar-refractivity contribution is -0.122. The second-order valence-electron chi connectivity index (χ2n) is 3.76. The van der Waals surface area contributed by atoms with Crippen molar-refractivity contribution in [2.45, 2.75) is 37.6 Å². The maximum Gasteiger partial charge on any atom is 0.236 e. The third-order valence-electron chi connectivity index (χ3n) is 2.59. The first-order valence-corrected chi connectivity index (χ1v) is 6.33. The van der Waals surface area contributed by atoms with Gasteiger partial charge in [-0.25, -0.2) is 8.42 Å². The van der Waals surface area contributed by atoms with Gasteiger partial charge in [0.1, 0.15) is 0 Å². The van der Waals surface area contributed by atoms with E-state index in [2.05, 4.69) is 5.32 Å². The van der Waals surface area contributed by atoms with Gasteiger partial charge in [-0.2, -0.15) is 0 Å². The van der Waals surface area contributed by atoms with Crippen LogP contribution in [0.25, 0.3) is 0 Å². The van der Waals surface area contributed by atoms with Gasteiger partial charge in [-0.15, -0.1) is 0 Å². The van der Waals surface area contributed by atoms with E-state index < -0.39 is 21.1 Å². The standard InChI is InChI=1S/C8H16N2O3S/c1-5(9)8(11)10-7-3-4-14(12,13)6(7)2/h5-7H,3-4,9H2,1-2H3,(H,10,11). The Hall–Kier alpha value is -0.620. The van der Waals surface area contributed by atoms with Gasteiger partial charge in [-0.1, -0.05) is 0 Å². The average molecular weight is 220 g/mol. The van der Waals surface area contributed by atoms with Gasteiger partial charge in [0.2, 0.25) is 5.91 Å². The third kappa shape index (κ3) is 2.24. The summed E-state index contributed by atoms with van der Waals surface area (Å²) in [7, 11) is -3.00. The molecule has 0 saturated carbocycles. The Morgan fingerprint density at radius 1 is 1.57 bits per heavy atom. The van der Waals surface area contributed by atoms with E-state index in [0.29, 0.717) is 6.42 Å². The summed E-state index contributed by atoms with van der Waals surface area (Å²) in [5.74, 6) is -0.142. The molecule has 1 fully saturated rings. The fraction of sp³-hybridized carbons (Fsp3) is 0.875. The summed E-state index contributed by atoms with van der Waals surface area (Å²) in [6.07, 6.45) is 0.488. The highest BCUT2D eigenvalue weighted by Crippen LogP contribution is 2.20. The number of hydrogen-bond acceptors (Lipinski definition) is 4. The van der Waals surface area contributed by atoms with Crippen LogP contribution in [0.15, 0.2) is 0 Å². The predicted octanol–water partition coefficient (Wildman–Crippen LogP) is -0.975. The van der Waals surface area contributed by atoms with Crippen LogP contribution in [0, 0.1) is 0 Å². The molecule has 0 radical (unpaired) electrons. The average Bonchev–Trinajstić information content (AvgIpc) is 2.32. The molecule has 1 aliphatic rings. The van der Waals surface area contributed by atoms with Gasteiger partial charge in [0.05, 0.1) is 17.0 Å². The normalized spacial score (nSPS) is 32.5. The molecule has 0 spiro atoms. The maximum atomic E-state index is 11.3. The molecule has 0 bridgehead atoms. The third-order valence-corrected chi connectivity index (χ3v) is 4.85. The van der Waals surface area contributed by atoms with E-state index in [1.165, 1.54) is 0 Å². The van der Waals surface area contributed by atoms with Crippen LogP contribution < -0.4 is 11.1 Å². The Labute approximate surface area is 84.0 Å². The maximum absolute atomic E-state index is 11.3. The molecule has 3 N–H and O–H groups in total. The minimum atomic E-state index is -3.00. The van der Waals surface area contributed by atoms with Crippen molar-refractivity contribution >= 4 is 15.7 Å². The van der Waals surface area contributed by atoms with Crippen LogP contribution in [-0.2, 0) is 14.6 Å². The highest BCUT2D eigenvalue weighted by molar-refractivity contribution is 7.92. The van der Waals surface area contributed by atoms with Gasteiger partial charge in [-0.05, 0) is 20.3 Å². The lowest BCUT2D eigenvalue weighted by Gasteiger charge is -2.17. The zero-order valence-electron chi connectivity index (χ0n) is 8.36. The van der Waals surface area contributed by atoms with Crippen molar-refractivity contribution in [3.63, 3.8) is 0 Å². The van der Waals surface area contributed by atoms with Crippen LogP contribution in [-0.4, -0.2) is 37.4 Å². The smallest absolute Gasteiger partial charge is 0.236 e. The quantitative estimate of drug-likeness (QED) is 0.626. The molecule has 3 unspecified atom stereocenters. The first-order chi connectivity index (χ1) is 6.34. The fourth-order valence-electron chi connectivity index (χ4n) is 1.47. The van der Waals surface area contributed by atoms with E-state index in [1.807, 2.05) is 0 Å². The van der Waals surface area contributed by atoms with Crippen molar-refractivity contribution in [2.24, 2.45) is 5.73 Å². The molecule has 1 heterocycles. The number of amides is 1. The van der Waals surface area contributed by atoms with Crippen molar-refractivity contribution in [3.05, 3.63) is 0 Å². The van der Waals surface area contributed by atoms with Crippen LogP contribution in [0.2, 0.25) is 0 Å². The first kappa shape index (κ1) is 11.5. The second kappa shape index (κ2) is 3.86. The molecule has 0 aromatic carbocycles. The molecular formula is C8H16N2O3S. The highest BCUT2D eigenvalue weighted by atomic mass is 32.2. The lowest BCUT2D eigenvalue weighted by atomic mass is 10.1. The van der Waals surface area contributed by atoms with E-state index in [0.717, 1.165) is 0 Å². The number of carbonyl (C=O) groups excluding carboxylic acids is 1. The van der Waals surface area contributed by atoms with E-state index in [4.69, 9.17) is 5.73 Å². The number of hydrogen-bond donors (Lipinski definition) is 2. The first-order valence-electron chi connectivity index (χ1n) is 4.62. The molecule has 14 heavy (non-hydrogen) atoms. The van der Waals surface area contributed by atoms with Crippen molar-refractivity contribution in [2.75, 3.05) is 5.75 Å². The Bertz CT molecular complexity index is 323. The topological polar surface area (TPSA) is 89.3 Å². The van der Waals surface area contributed by atoms with E-state index in [1.54, 1.807) is 13.8 Å². The molecule has 6 heteroatoms. The van der Waals surface area contributed by atoms with E-state index in [9.17, 15) is 13.2 Å². The molecule has 1 amide bonds. The van der Waals surface area contributed by atoms with Gasteiger partial charge in [-0.3, -0.25) is 4.79 Å². The minimum absolute atomic E-state index is 0.151. The number of rotatable bonds is 2. The molecule has 0 aromatic rings. The highest BCUT2D eigenvalue weighted by Gasteiger charge is 2.37. The number of nitrogens with one attached hydrogen (secondary N) is 1. The van der Waals surface area contributed by atoms with Crippen LogP contribution in [0.5, 0.6) is 0 Å². The summed E-state index contributed by atoms with van der Waals surface area (Å²) in [5.41, 5.74) is 5.37. The van der Waals surface area contributed by atoms with E-state index >= 15 is 0 Å². The molecule has 3 atom stereocenters. The van der Waals surface area contributed by atoms with Gasteiger partial charge in [0.15, 0.2) is 9.84 Å². The second-order valence-corrected chi connectivity index (χ2v) is 6.24. The molecule has 1 saturated heterocycles. The SMILES string of the molecule is CC(N)C(=O)NC1CCS(=O)(=O)C1C. The summed E-state index contributed by atoms with van der Waals surface area (Å²) in [4.78, 5) is 11.2. The summed E-state index contributed by atoms with van der Waals surface area (Å²) < 4.78 is 22.7. The van der Waals surface area contributed by atoms with Gasteiger partial charge in [0, 0.05) is 6.04 Å². The number of carbonyl (C=O) groups is 1. The van der Waals surface area contributed by atoms with Crippen molar-refractivity contribution in [1.29, 1.82) is 0 Å². The zero-order chi connectivity index (χ0) is 10.9. The molecular weight excluding hydrogens is 204 g/mol. The molecule has 5 nitrogen and oxygen atoms in total. The fourth-order valence-corrected chi connectivity index (χ4v) is 3.12. The van der Waals surface area contributed by atoms with Crippen LogP contribution in [0.4, 0.5) is 0 Å². The summed E-state index contributed by atoms with van der Waals surface area (Å²) in [6, 6.07) is -0.871. The zero-order valence-corrected chi connectivity index (χ0v) is 9.17. The molecule has 0 aliphatic carbocycles. The van der Waals surface area contributed by atoms with Crippen molar-refractivity contribution in [3.8, 4) is 0 Å². The molecule has 1 aliphatic heterocycles. The van der Waals surface area contributed by atoms with Gasteiger partial charge in [0.25, 0.3) is 0 Å². The Kier molecular flexibility index (Phi) is 3.16. The van der Waals surface area contributed by atoms with E-state index in [-0.39, 0.29) is 17.7 Å². The number of nitrogens with two attached hydrogens (primary N) is 1. The van der Waals surface area contributed by atoms with Crippen molar-refractivity contribution < 1.29 is 13.2 Å². The minimum Gasteiger partial charge on any atom is -0.351 e. The number of sulfone groups is 1. The molecule has 82 valence electrons. The largest absolute Gasteiger partial charge is 0.351 e. The monoisotopic (exact) mass is 220 g/mol.